The lowest BCUT2D eigenvalue weighted by Gasteiger charge is -2.41. The Balaban J connectivity index is 2.80. The van der Waals surface area contributed by atoms with E-state index in [0.29, 0.717) is 5.75 Å². The molecule has 15 heavy (non-hydrogen) atoms. The van der Waals surface area contributed by atoms with Crippen LogP contribution in [0.4, 0.5) is 0 Å². The van der Waals surface area contributed by atoms with Crippen LogP contribution in [0.25, 0.3) is 0 Å². The summed E-state index contributed by atoms with van der Waals surface area (Å²) in [6.45, 7) is 0. The van der Waals surface area contributed by atoms with Crippen molar-refractivity contribution in [1.82, 2.24) is 0 Å². The van der Waals surface area contributed by atoms with Crippen LogP contribution in [0.15, 0.2) is 0 Å². The van der Waals surface area contributed by atoms with Crippen molar-refractivity contribution in [2.45, 2.75) is 30.7 Å². The van der Waals surface area contributed by atoms with Crippen molar-refractivity contribution >= 4 is 51.4 Å². The van der Waals surface area contributed by atoms with Gasteiger partial charge in [0.1, 0.15) is 12.2 Å². The third kappa shape index (κ3) is 3.11. The molecule has 1 aliphatic heterocycles. The van der Waals surface area contributed by atoms with Crippen molar-refractivity contribution in [1.29, 1.82) is 0 Å². The zero-order chi connectivity index (χ0) is 11.4. The van der Waals surface area contributed by atoms with E-state index in [2.05, 4.69) is 51.4 Å². The van der Waals surface area contributed by atoms with E-state index < -0.39 is 30.7 Å². The molecule has 5 unspecified atom stereocenters. The molecule has 5 nitrogen and oxygen atoms in total. The number of hydrogen-bond acceptors (Lipinski definition) is 9. The second-order valence-corrected chi connectivity index (χ2v) is 3.96. The molecule has 0 aromatic carbocycles. The van der Waals surface area contributed by atoms with E-state index in [4.69, 9.17) is 17.3 Å². The van der Waals surface area contributed by atoms with Gasteiger partial charge in [0.25, 0.3) is 0 Å². The predicted molar refractivity (Wildman–Crippen MR) is 66.3 cm³/mol. The minimum Gasteiger partial charge on any atom is -0.366 e. The number of thiol groups is 4. The summed E-state index contributed by atoms with van der Waals surface area (Å²) in [6, 6.07) is 0. The molecule has 0 aliphatic carbocycles. The maximum atomic E-state index is 9.56. The molecule has 1 rings (SSSR count). The van der Waals surface area contributed by atoms with Gasteiger partial charge in [-0.15, -0.1) is 0 Å². The Labute approximate surface area is 110 Å². The number of rotatable bonds is 4. The third-order valence-electron chi connectivity index (χ3n) is 2.15. The van der Waals surface area contributed by atoms with E-state index in [1.165, 1.54) is 0 Å². The Kier molecular flexibility index (Phi) is 6.48. The van der Waals surface area contributed by atoms with Gasteiger partial charge in [-0.2, -0.15) is 12.6 Å². The van der Waals surface area contributed by atoms with Crippen LogP contribution in [-0.2, 0) is 17.3 Å². The van der Waals surface area contributed by atoms with Gasteiger partial charge in [0, 0.05) is 5.75 Å². The molecule has 0 radical (unpaired) electrons. The van der Waals surface area contributed by atoms with Crippen LogP contribution in [-0.4, -0.2) is 41.6 Å². The van der Waals surface area contributed by atoms with E-state index in [1.807, 2.05) is 0 Å². The summed E-state index contributed by atoms with van der Waals surface area (Å²) in [6.07, 6.45) is -3.64. The highest BCUT2D eigenvalue weighted by atomic mass is 32.1. The molecule has 0 aromatic heterocycles. The molecular weight excluding hydrogens is 280 g/mol. The lowest BCUT2D eigenvalue weighted by molar-refractivity contribution is -0.253. The fraction of sp³-hybridized carbons (Fsp3) is 1.00. The lowest BCUT2D eigenvalue weighted by atomic mass is 10.00. The summed E-state index contributed by atoms with van der Waals surface area (Å²) >= 11 is 15.1. The zero-order valence-electron chi connectivity index (χ0n) is 7.46. The molecule has 90 valence electrons. The molecule has 9 heteroatoms. The number of ether oxygens (including phenoxy) is 1. The molecule has 1 heterocycles. The van der Waals surface area contributed by atoms with Crippen LogP contribution in [0.1, 0.15) is 0 Å². The molecule has 0 saturated carbocycles. The number of hydrogen-bond donors (Lipinski definition) is 5. The summed E-state index contributed by atoms with van der Waals surface area (Å²) in [5.41, 5.74) is 0. The molecule has 1 fully saturated rings. The highest BCUT2D eigenvalue weighted by molar-refractivity contribution is 7.80. The largest absolute Gasteiger partial charge is 0.366 e. The van der Waals surface area contributed by atoms with Crippen molar-refractivity contribution < 1.29 is 22.4 Å². The van der Waals surface area contributed by atoms with Gasteiger partial charge in [0.15, 0.2) is 12.4 Å². The molecule has 1 aliphatic rings. The first-order valence-electron chi connectivity index (χ1n) is 4.04. The van der Waals surface area contributed by atoms with Gasteiger partial charge in [0.05, 0.1) is 6.10 Å². The van der Waals surface area contributed by atoms with Crippen molar-refractivity contribution in [2.24, 2.45) is 0 Å². The van der Waals surface area contributed by atoms with E-state index >= 15 is 0 Å². The first-order valence-corrected chi connectivity index (χ1v) is 5.77. The van der Waals surface area contributed by atoms with Crippen LogP contribution < -0.4 is 0 Å². The second-order valence-electron chi connectivity index (χ2n) is 2.96. The Morgan fingerprint density at radius 2 is 1.53 bits per heavy atom. The minimum absolute atomic E-state index is 0.342. The van der Waals surface area contributed by atoms with Gasteiger partial charge in [-0.3, -0.25) is 0 Å². The van der Waals surface area contributed by atoms with Gasteiger partial charge in [-0.1, -0.05) is 0 Å². The van der Waals surface area contributed by atoms with Gasteiger partial charge in [-0.05, 0) is 38.7 Å². The van der Waals surface area contributed by atoms with Gasteiger partial charge in [0.2, 0.25) is 0 Å². The third-order valence-corrected chi connectivity index (χ3v) is 3.24. The van der Waals surface area contributed by atoms with E-state index in [1.54, 1.807) is 0 Å². The first-order chi connectivity index (χ1) is 7.19. The average Bonchev–Trinajstić information content (AvgIpc) is 2.27. The molecule has 5 atom stereocenters. The molecule has 0 amide bonds. The van der Waals surface area contributed by atoms with Crippen LogP contribution in [0.3, 0.4) is 0 Å². The zero-order valence-corrected chi connectivity index (χ0v) is 11.0. The van der Waals surface area contributed by atoms with Gasteiger partial charge >= 0.3 is 0 Å². The average molecular weight is 292 g/mol. The highest BCUT2D eigenvalue weighted by Crippen LogP contribution is 2.29. The van der Waals surface area contributed by atoms with Crippen LogP contribution in [0, 0.1) is 0 Å². The molecule has 0 spiro atoms. The topological polar surface area (TPSA) is 57.2 Å². The fourth-order valence-corrected chi connectivity index (χ4v) is 2.42. The standard InChI is InChI=1S/C6H12O5S4/c7-6-5(11-15)4(10-14)3(9-13)2(1-12)8-6/h2-7,12-15H,1H2. The maximum Gasteiger partial charge on any atom is 0.185 e. The molecule has 1 saturated heterocycles. The molecule has 0 bridgehead atoms. The SMILES string of the molecule is OC1OC(CS)C(OS)C(OS)C1OS. The molecule has 0 aromatic rings. The normalized spacial score (nSPS) is 41.8. The minimum atomic E-state index is -1.17. The fourth-order valence-electron chi connectivity index (χ4n) is 1.40. The first kappa shape index (κ1) is 14.3. The van der Waals surface area contributed by atoms with Crippen LogP contribution in [0.5, 0.6) is 0 Å². The van der Waals surface area contributed by atoms with Crippen molar-refractivity contribution in [3.63, 3.8) is 0 Å². The van der Waals surface area contributed by atoms with Crippen molar-refractivity contribution in [3.8, 4) is 0 Å². The summed E-state index contributed by atoms with van der Waals surface area (Å²) in [7, 11) is 0. The number of aliphatic hydroxyl groups is 1. The van der Waals surface area contributed by atoms with E-state index in [-0.39, 0.29) is 0 Å². The Hall–Kier alpha value is 1.20. The summed E-state index contributed by atoms with van der Waals surface area (Å²) in [4.78, 5) is 0. The summed E-state index contributed by atoms with van der Waals surface area (Å²) in [5, 5.41) is 9.56. The quantitative estimate of drug-likeness (QED) is 0.382. The van der Waals surface area contributed by atoms with Crippen molar-refractivity contribution in [2.75, 3.05) is 5.75 Å². The Morgan fingerprint density at radius 3 is 1.93 bits per heavy atom. The van der Waals surface area contributed by atoms with Gasteiger partial charge < -0.3 is 22.4 Å². The monoisotopic (exact) mass is 292 g/mol. The second kappa shape index (κ2) is 6.82. The highest BCUT2D eigenvalue weighted by Gasteiger charge is 2.47. The van der Waals surface area contributed by atoms with Crippen LogP contribution in [0.2, 0.25) is 0 Å². The Morgan fingerprint density at radius 1 is 1.00 bits per heavy atom. The maximum absolute atomic E-state index is 9.56. The summed E-state index contributed by atoms with van der Waals surface area (Å²) in [5.74, 6) is 0.342. The summed E-state index contributed by atoms with van der Waals surface area (Å²) < 4.78 is 19.7. The lowest BCUT2D eigenvalue weighted by Crippen LogP contribution is -2.58. The van der Waals surface area contributed by atoms with Gasteiger partial charge in [-0.25, -0.2) is 0 Å². The Bertz CT molecular complexity index is 196. The van der Waals surface area contributed by atoms with E-state index in [9.17, 15) is 5.11 Å². The van der Waals surface area contributed by atoms with Crippen LogP contribution >= 0.6 is 51.4 Å². The van der Waals surface area contributed by atoms with E-state index in [0.717, 1.165) is 0 Å². The smallest absolute Gasteiger partial charge is 0.185 e. The number of aliphatic hydroxyl groups excluding tert-OH is 1. The molecule has 1 N–H and O–H groups in total. The molecular formula is C6H12O5S4. The van der Waals surface area contributed by atoms with Crippen molar-refractivity contribution in [3.05, 3.63) is 0 Å². The predicted octanol–water partition coefficient (Wildman–Crippen LogP) is 0.323.